The van der Waals surface area contributed by atoms with Gasteiger partial charge in [0, 0.05) is 17.3 Å². The van der Waals surface area contributed by atoms with Gasteiger partial charge in [-0.15, -0.1) is 0 Å². The molecule has 0 bridgehead atoms. The Morgan fingerprint density at radius 1 is 0.424 bits per heavy atom. The monoisotopic (exact) mass is 457 g/mol. The van der Waals surface area contributed by atoms with E-state index in [0.717, 1.165) is 5.69 Å². The highest BCUT2D eigenvalue weighted by molar-refractivity contribution is 5.31. The van der Waals surface area contributed by atoms with E-state index in [0.29, 0.717) is 0 Å². The van der Waals surface area contributed by atoms with Gasteiger partial charge in [0.05, 0.1) is 0 Å². The molecule has 0 saturated carbocycles. The maximum absolute atomic E-state index is 4.52. The van der Waals surface area contributed by atoms with Crippen molar-refractivity contribution in [1.29, 1.82) is 0 Å². The van der Waals surface area contributed by atoms with Gasteiger partial charge in [0.2, 0.25) is 0 Å². The van der Waals surface area contributed by atoms with E-state index in [1.165, 1.54) is 16.7 Å². The molecule has 0 aliphatic rings. The molecular formula is C32H59N. The Hall–Kier alpha value is -1.63. The summed E-state index contributed by atoms with van der Waals surface area (Å²) in [5.41, 5.74) is 6.14. The van der Waals surface area contributed by atoms with E-state index < -0.39 is 0 Å². The molecule has 0 radical (unpaired) electrons. The van der Waals surface area contributed by atoms with Gasteiger partial charge in [-0.1, -0.05) is 149 Å². The molecule has 0 spiro atoms. The average Bonchev–Trinajstić information content (AvgIpc) is 2.69. The van der Waals surface area contributed by atoms with E-state index in [-0.39, 0.29) is 29.1 Å². The molecular weight excluding hydrogens is 398 g/mol. The fourth-order valence-electron chi connectivity index (χ4n) is 2.75. The average molecular weight is 458 g/mol. The van der Waals surface area contributed by atoms with Crippen molar-refractivity contribution in [3.63, 3.8) is 0 Å². The standard InChI is InChI=1S/C14H22.C13H21N.2C2H6.CH4/c1-13(2,3)11-7-9-12(10-8-11)14(4,5)6;1-12(2,3)10-7-8-11(14-9-10)13(4,5)6;2*1-2;/h7-10H,1-6H3;7-9H,1-6H3;2*1-2H3;1H4. The smallest absolute Gasteiger partial charge is 0.0457 e. The molecule has 0 aliphatic heterocycles. The lowest BCUT2D eigenvalue weighted by Gasteiger charge is -2.23. The zero-order chi connectivity index (χ0) is 26.0. The van der Waals surface area contributed by atoms with Crippen LogP contribution in [0.4, 0.5) is 0 Å². The first-order chi connectivity index (χ1) is 14.4. The van der Waals surface area contributed by atoms with Crippen molar-refractivity contribution in [2.45, 2.75) is 140 Å². The molecule has 0 unspecified atom stereocenters. The zero-order valence-corrected chi connectivity index (χ0v) is 24.5. The molecule has 0 amide bonds. The highest BCUT2D eigenvalue weighted by atomic mass is 14.7. The van der Waals surface area contributed by atoms with Crippen LogP contribution >= 0.6 is 0 Å². The van der Waals surface area contributed by atoms with Crippen molar-refractivity contribution >= 4 is 0 Å². The van der Waals surface area contributed by atoms with Crippen LogP contribution in [0.2, 0.25) is 0 Å². The third-order valence-corrected chi connectivity index (χ3v) is 5.01. The van der Waals surface area contributed by atoms with Crippen molar-refractivity contribution in [3.8, 4) is 0 Å². The minimum absolute atomic E-state index is 0. The van der Waals surface area contributed by atoms with Crippen molar-refractivity contribution in [2.75, 3.05) is 0 Å². The normalized spacial score (nSPS) is 11.4. The van der Waals surface area contributed by atoms with Crippen molar-refractivity contribution < 1.29 is 0 Å². The molecule has 1 heterocycles. The molecule has 0 N–H and O–H groups in total. The van der Waals surface area contributed by atoms with Gasteiger partial charge in [-0.2, -0.15) is 0 Å². The van der Waals surface area contributed by atoms with Crippen molar-refractivity contribution in [3.05, 3.63) is 65.0 Å². The van der Waals surface area contributed by atoms with Crippen molar-refractivity contribution in [2.24, 2.45) is 0 Å². The van der Waals surface area contributed by atoms with Gasteiger partial charge in [-0.3, -0.25) is 4.98 Å². The van der Waals surface area contributed by atoms with Crippen LogP contribution in [-0.4, -0.2) is 4.98 Å². The van der Waals surface area contributed by atoms with Crippen LogP contribution in [0.25, 0.3) is 0 Å². The molecule has 33 heavy (non-hydrogen) atoms. The van der Waals surface area contributed by atoms with Crippen LogP contribution in [-0.2, 0) is 21.7 Å². The van der Waals surface area contributed by atoms with Gasteiger partial charge in [-0.25, -0.2) is 0 Å². The summed E-state index contributed by atoms with van der Waals surface area (Å²) < 4.78 is 0. The largest absolute Gasteiger partial charge is 0.260 e. The maximum atomic E-state index is 4.52. The Morgan fingerprint density at radius 2 is 0.697 bits per heavy atom. The Balaban J connectivity index is -0.000000461. The lowest BCUT2D eigenvalue weighted by molar-refractivity contribution is 0.556. The van der Waals surface area contributed by atoms with Gasteiger partial charge in [0.1, 0.15) is 0 Å². The van der Waals surface area contributed by atoms with Gasteiger partial charge >= 0.3 is 0 Å². The molecule has 1 heteroatoms. The molecule has 192 valence electrons. The lowest BCUT2D eigenvalue weighted by Crippen LogP contribution is -2.16. The first-order valence-corrected chi connectivity index (χ1v) is 12.5. The Bertz CT molecular complexity index is 589. The summed E-state index contributed by atoms with van der Waals surface area (Å²) in [4.78, 5) is 4.52. The second-order valence-electron chi connectivity index (χ2n) is 12.0. The van der Waals surface area contributed by atoms with Gasteiger partial charge in [0.15, 0.2) is 0 Å². The molecule has 0 atom stereocenters. The van der Waals surface area contributed by atoms with Gasteiger partial charge in [-0.05, 0) is 39.0 Å². The summed E-state index contributed by atoms with van der Waals surface area (Å²) in [6, 6.07) is 13.3. The van der Waals surface area contributed by atoms with E-state index >= 15 is 0 Å². The van der Waals surface area contributed by atoms with Crippen LogP contribution in [0.3, 0.4) is 0 Å². The van der Waals surface area contributed by atoms with Crippen molar-refractivity contribution in [1.82, 2.24) is 4.98 Å². The number of pyridine rings is 1. The molecule has 1 aromatic carbocycles. The summed E-state index contributed by atoms with van der Waals surface area (Å²) >= 11 is 0. The summed E-state index contributed by atoms with van der Waals surface area (Å²) in [7, 11) is 0. The Labute approximate surface area is 209 Å². The zero-order valence-electron chi connectivity index (χ0n) is 24.5. The third kappa shape index (κ3) is 13.6. The van der Waals surface area contributed by atoms with E-state index in [4.69, 9.17) is 0 Å². The second-order valence-corrected chi connectivity index (χ2v) is 12.0. The van der Waals surface area contributed by atoms with Crippen LogP contribution in [0.15, 0.2) is 42.6 Å². The molecule has 0 saturated heterocycles. The van der Waals surface area contributed by atoms with Crippen LogP contribution < -0.4 is 0 Å². The minimum atomic E-state index is 0. The first kappa shape index (κ1) is 35.9. The van der Waals surface area contributed by atoms with Gasteiger partial charge < -0.3 is 0 Å². The Morgan fingerprint density at radius 3 is 0.879 bits per heavy atom. The van der Waals surface area contributed by atoms with Gasteiger partial charge in [0.25, 0.3) is 0 Å². The summed E-state index contributed by atoms with van der Waals surface area (Å²) in [5.74, 6) is 0. The quantitative estimate of drug-likeness (QED) is 0.383. The van der Waals surface area contributed by atoms with Crippen LogP contribution in [0.1, 0.15) is 141 Å². The molecule has 1 nitrogen and oxygen atoms in total. The van der Waals surface area contributed by atoms with E-state index in [1.54, 1.807) is 0 Å². The number of nitrogens with zero attached hydrogens (tertiary/aromatic N) is 1. The van der Waals surface area contributed by atoms with Crippen LogP contribution in [0.5, 0.6) is 0 Å². The second kappa shape index (κ2) is 14.6. The number of aromatic nitrogens is 1. The highest BCUT2D eigenvalue weighted by Crippen LogP contribution is 2.27. The topological polar surface area (TPSA) is 12.9 Å². The summed E-state index contributed by atoms with van der Waals surface area (Å²) in [6.07, 6.45) is 2.00. The number of hydrogen-bond donors (Lipinski definition) is 0. The maximum Gasteiger partial charge on any atom is 0.0457 e. The lowest BCUT2D eigenvalue weighted by atomic mass is 9.82. The highest BCUT2D eigenvalue weighted by Gasteiger charge is 2.18. The fourth-order valence-corrected chi connectivity index (χ4v) is 2.75. The number of rotatable bonds is 0. The minimum Gasteiger partial charge on any atom is -0.260 e. The fraction of sp³-hybridized carbons (Fsp3) is 0.656. The first-order valence-electron chi connectivity index (χ1n) is 12.5. The third-order valence-electron chi connectivity index (χ3n) is 5.01. The predicted molar refractivity (Wildman–Crippen MR) is 155 cm³/mol. The molecule has 1 aromatic heterocycles. The summed E-state index contributed by atoms with van der Waals surface area (Å²) in [6.45, 7) is 34.7. The SMILES string of the molecule is C.CC.CC.CC(C)(C)c1ccc(C(C)(C)C)cc1.CC(C)(C)c1ccc(C(C)(C)C)nc1. The van der Waals surface area contributed by atoms with Crippen LogP contribution in [0, 0.1) is 0 Å². The molecule has 0 aliphatic carbocycles. The summed E-state index contributed by atoms with van der Waals surface area (Å²) in [5, 5.41) is 0. The predicted octanol–water partition coefficient (Wildman–Crippen LogP) is 10.6. The van der Waals surface area contributed by atoms with E-state index in [2.05, 4.69) is 124 Å². The number of hydrogen-bond acceptors (Lipinski definition) is 1. The molecule has 2 aromatic rings. The Kier molecular flexibility index (Phi) is 15.9. The molecule has 2 rings (SSSR count). The molecule has 0 fully saturated rings. The van der Waals surface area contributed by atoms with E-state index in [1.807, 2.05) is 33.9 Å². The van der Waals surface area contributed by atoms with E-state index in [9.17, 15) is 0 Å². The number of benzene rings is 1.